The number of nitrogens with one attached hydrogen (secondary N) is 2. The zero-order valence-corrected chi connectivity index (χ0v) is 9.65. The molecule has 0 aromatic carbocycles. The molecular weight excluding hydrogens is 218 g/mol. The minimum absolute atomic E-state index is 0.114. The van der Waals surface area contributed by atoms with E-state index in [1.165, 1.54) is 0 Å². The number of aromatic nitrogens is 1. The van der Waals surface area contributed by atoms with Gasteiger partial charge in [-0.1, -0.05) is 0 Å². The predicted molar refractivity (Wildman–Crippen MR) is 66.6 cm³/mol. The molecule has 2 heterocycles. The van der Waals surface area contributed by atoms with E-state index in [4.69, 9.17) is 5.73 Å². The van der Waals surface area contributed by atoms with Gasteiger partial charge in [-0.15, -0.1) is 0 Å². The Labute approximate surface area is 100 Å². The molecule has 0 saturated carbocycles. The summed E-state index contributed by atoms with van der Waals surface area (Å²) in [7, 11) is 0. The number of hydrogen-bond donors (Lipinski definition) is 3. The average molecular weight is 235 g/mol. The lowest BCUT2D eigenvalue weighted by Crippen LogP contribution is -2.48. The second kappa shape index (κ2) is 5.49. The second-order valence-corrected chi connectivity index (χ2v) is 3.96. The topological polar surface area (TPSA) is 83.3 Å². The van der Waals surface area contributed by atoms with Gasteiger partial charge in [0, 0.05) is 26.2 Å². The molecule has 1 saturated heterocycles. The van der Waals surface area contributed by atoms with Crippen LogP contribution in [0.5, 0.6) is 0 Å². The lowest BCUT2D eigenvalue weighted by atomic mass is 10.3. The molecule has 1 aliphatic rings. The van der Waals surface area contributed by atoms with Crippen molar-refractivity contribution >= 4 is 17.4 Å². The summed E-state index contributed by atoms with van der Waals surface area (Å²) in [5.41, 5.74) is 6.29. The number of hydrogen-bond acceptors (Lipinski definition) is 5. The molecule has 6 heteroatoms. The fourth-order valence-electron chi connectivity index (χ4n) is 1.71. The quantitative estimate of drug-likeness (QED) is 0.658. The third-order valence-corrected chi connectivity index (χ3v) is 2.70. The molecule has 0 unspecified atom stereocenters. The van der Waals surface area contributed by atoms with E-state index in [1.807, 2.05) is 11.0 Å². The predicted octanol–water partition coefficient (Wildman–Crippen LogP) is -0.492. The highest BCUT2D eigenvalue weighted by Gasteiger charge is 2.15. The molecule has 1 aromatic rings. The first kappa shape index (κ1) is 11.7. The lowest BCUT2D eigenvalue weighted by Gasteiger charge is -2.27. The third kappa shape index (κ3) is 3.32. The van der Waals surface area contributed by atoms with Crippen molar-refractivity contribution in [1.82, 2.24) is 15.2 Å². The molecule has 1 aliphatic heterocycles. The van der Waals surface area contributed by atoms with Crippen LogP contribution in [0, 0.1) is 0 Å². The maximum atomic E-state index is 11.8. The summed E-state index contributed by atoms with van der Waals surface area (Å²) in [6.45, 7) is 3.59. The van der Waals surface area contributed by atoms with Crippen LogP contribution in [0.25, 0.3) is 0 Å². The molecule has 1 fully saturated rings. The first-order chi connectivity index (χ1) is 8.25. The Morgan fingerprint density at radius 1 is 1.47 bits per heavy atom. The van der Waals surface area contributed by atoms with Gasteiger partial charge in [0.2, 0.25) is 5.91 Å². The summed E-state index contributed by atoms with van der Waals surface area (Å²) in [6, 6.07) is 3.52. The fourth-order valence-corrected chi connectivity index (χ4v) is 1.71. The minimum atomic E-state index is 0.114. The van der Waals surface area contributed by atoms with E-state index in [0.29, 0.717) is 12.4 Å². The first-order valence-corrected chi connectivity index (χ1v) is 5.69. The minimum Gasteiger partial charge on any atom is -0.384 e. The van der Waals surface area contributed by atoms with E-state index in [9.17, 15) is 4.79 Å². The third-order valence-electron chi connectivity index (χ3n) is 2.70. The van der Waals surface area contributed by atoms with Crippen LogP contribution < -0.4 is 16.4 Å². The maximum Gasteiger partial charge on any atom is 0.241 e. The van der Waals surface area contributed by atoms with Gasteiger partial charge in [-0.3, -0.25) is 4.79 Å². The maximum absolute atomic E-state index is 11.8. The average Bonchev–Trinajstić information content (AvgIpc) is 2.39. The Morgan fingerprint density at radius 3 is 2.88 bits per heavy atom. The molecular formula is C11H17N5O. The molecule has 6 nitrogen and oxygen atoms in total. The number of rotatable bonds is 3. The van der Waals surface area contributed by atoms with Crippen LogP contribution in [-0.4, -0.2) is 48.5 Å². The van der Waals surface area contributed by atoms with E-state index in [-0.39, 0.29) is 5.91 Å². The SMILES string of the molecule is Nc1ccc(NCC(=O)N2CCNCC2)cn1. The molecule has 0 atom stereocenters. The molecule has 92 valence electrons. The molecule has 2 rings (SSSR count). The van der Waals surface area contributed by atoms with Crippen molar-refractivity contribution in [2.75, 3.05) is 43.8 Å². The standard InChI is InChI=1S/C11H17N5O/c12-10-2-1-9(7-15-10)14-8-11(17)16-5-3-13-4-6-16/h1-2,7,13-14H,3-6,8H2,(H2,12,15). The van der Waals surface area contributed by atoms with Crippen molar-refractivity contribution in [2.24, 2.45) is 0 Å². The smallest absolute Gasteiger partial charge is 0.241 e. The Kier molecular flexibility index (Phi) is 3.77. The second-order valence-electron chi connectivity index (χ2n) is 3.96. The Balaban J connectivity index is 1.81. The lowest BCUT2D eigenvalue weighted by molar-refractivity contribution is -0.129. The molecule has 4 N–H and O–H groups in total. The van der Waals surface area contributed by atoms with E-state index >= 15 is 0 Å². The van der Waals surface area contributed by atoms with Gasteiger partial charge in [-0.05, 0) is 12.1 Å². The van der Waals surface area contributed by atoms with Gasteiger partial charge in [0.05, 0.1) is 18.4 Å². The Hall–Kier alpha value is -1.82. The van der Waals surface area contributed by atoms with Crippen LogP contribution in [-0.2, 0) is 4.79 Å². The number of anilines is 2. The van der Waals surface area contributed by atoms with E-state index in [0.717, 1.165) is 31.9 Å². The molecule has 0 bridgehead atoms. The van der Waals surface area contributed by atoms with Crippen molar-refractivity contribution in [3.63, 3.8) is 0 Å². The van der Waals surface area contributed by atoms with E-state index in [2.05, 4.69) is 15.6 Å². The van der Waals surface area contributed by atoms with Gasteiger partial charge in [-0.25, -0.2) is 4.98 Å². The highest BCUT2D eigenvalue weighted by atomic mass is 16.2. The van der Waals surface area contributed by atoms with E-state index < -0.39 is 0 Å². The molecule has 0 spiro atoms. The van der Waals surface area contributed by atoms with Crippen LogP contribution in [0.15, 0.2) is 18.3 Å². The summed E-state index contributed by atoms with van der Waals surface area (Å²) in [5, 5.41) is 6.25. The molecule has 17 heavy (non-hydrogen) atoms. The van der Waals surface area contributed by atoms with Gasteiger partial charge < -0.3 is 21.3 Å². The van der Waals surface area contributed by atoms with Crippen LogP contribution in [0.2, 0.25) is 0 Å². The summed E-state index contributed by atoms with van der Waals surface area (Å²) in [4.78, 5) is 17.6. The van der Waals surface area contributed by atoms with Crippen LogP contribution in [0.1, 0.15) is 0 Å². The molecule has 0 aliphatic carbocycles. The number of carbonyl (C=O) groups excluding carboxylic acids is 1. The highest BCUT2D eigenvalue weighted by molar-refractivity contribution is 5.80. The van der Waals surface area contributed by atoms with Gasteiger partial charge in [0.25, 0.3) is 0 Å². The van der Waals surface area contributed by atoms with Gasteiger partial charge in [0.15, 0.2) is 0 Å². The van der Waals surface area contributed by atoms with Gasteiger partial charge in [-0.2, -0.15) is 0 Å². The Bertz CT molecular complexity index is 372. The number of nitrogen functional groups attached to an aromatic ring is 1. The number of nitrogens with zero attached hydrogens (tertiary/aromatic N) is 2. The van der Waals surface area contributed by atoms with Crippen LogP contribution >= 0.6 is 0 Å². The summed E-state index contributed by atoms with van der Waals surface area (Å²) in [5.74, 6) is 0.590. The summed E-state index contributed by atoms with van der Waals surface area (Å²) in [6.07, 6.45) is 1.63. The molecule has 1 aromatic heterocycles. The van der Waals surface area contributed by atoms with Crippen molar-refractivity contribution in [3.05, 3.63) is 18.3 Å². The molecule has 1 amide bonds. The molecule has 0 radical (unpaired) electrons. The van der Waals surface area contributed by atoms with Crippen LogP contribution in [0.4, 0.5) is 11.5 Å². The number of carbonyl (C=O) groups is 1. The summed E-state index contributed by atoms with van der Waals surface area (Å²) < 4.78 is 0. The van der Waals surface area contributed by atoms with Crippen molar-refractivity contribution < 1.29 is 4.79 Å². The summed E-state index contributed by atoms with van der Waals surface area (Å²) >= 11 is 0. The first-order valence-electron chi connectivity index (χ1n) is 5.69. The highest BCUT2D eigenvalue weighted by Crippen LogP contribution is 2.06. The fraction of sp³-hybridized carbons (Fsp3) is 0.455. The number of pyridine rings is 1. The number of amides is 1. The zero-order chi connectivity index (χ0) is 12.1. The zero-order valence-electron chi connectivity index (χ0n) is 9.65. The van der Waals surface area contributed by atoms with Crippen molar-refractivity contribution in [3.8, 4) is 0 Å². The monoisotopic (exact) mass is 235 g/mol. The van der Waals surface area contributed by atoms with Gasteiger partial charge in [0.1, 0.15) is 5.82 Å². The van der Waals surface area contributed by atoms with Crippen LogP contribution in [0.3, 0.4) is 0 Å². The van der Waals surface area contributed by atoms with Crippen molar-refractivity contribution in [1.29, 1.82) is 0 Å². The Morgan fingerprint density at radius 2 is 2.24 bits per heavy atom. The van der Waals surface area contributed by atoms with Gasteiger partial charge >= 0.3 is 0 Å². The normalized spacial score (nSPS) is 15.6. The van der Waals surface area contributed by atoms with Crippen molar-refractivity contribution in [2.45, 2.75) is 0 Å². The number of nitrogens with two attached hydrogens (primary N) is 1. The largest absolute Gasteiger partial charge is 0.384 e. The number of piperazine rings is 1. The van der Waals surface area contributed by atoms with E-state index in [1.54, 1.807) is 12.3 Å².